The predicted octanol–water partition coefficient (Wildman–Crippen LogP) is 19.5. The zero-order chi connectivity index (χ0) is 77.1. The minimum Gasteiger partial charge on any atom is -0.354 e. The second kappa shape index (κ2) is 45.6. The summed E-state index contributed by atoms with van der Waals surface area (Å²) in [6.45, 7) is 29.7. The third-order valence-electron chi connectivity index (χ3n) is 19.9. The summed E-state index contributed by atoms with van der Waals surface area (Å²) in [5, 5.41) is 40.4. The number of nitrogens with one attached hydrogen (secondary N) is 4. The number of nitrogens with zero attached hydrogens (tertiary/aromatic N) is 2. The molecule has 106 heavy (non-hydrogen) atoms. The molecule has 2 atom stereocenters. The van der Waals surface area contributed by atoms with Crippen LogP contribution in [0.25, 0.3) is 0 Å². The van der Waals surface area contributed by atoms with Crippen LogP contribution in [0.4, 0.5) is 0 Å². The zero-order valence-electron chi connectivity index (χ0n) is 66.4. The third-order valence-corrected chi connectivity index (χ3v) is 24.6. The maximum absolute atomic E-state index is 13.9. The molecule has 0 saturated heterocycles. The molecule has 12 nitrogen and oxygen atoms in total. The highest BCUT2D eigenvalue weighted by Gasteiger charge is 2.47. The molecule has 4 amide bonds. The SMILES string of the molecule is CCCCCCc1cc(C#Cc2ccc(C(=O)N[C@@H](CSSCC3=CC(C)(C)N([O])C3(C)C)C(=O)NCCCC)cc2)c(CCCCCC)cc1C#CC#Cc1cc(CCCCCC)c(C#Cc2ccc(C(=O)N[C@@H](CSSCC3=CC(C)(C)N([O])C3(C)C)C(=O)NCCCC)cc2)cc1CCCCCC. The van der Waals surface area contributed by atoms with Crippen LogP contribution in [0.15, 0.2) is 96.1 Å². The fourth-order valence-corrected chi connectivity index (χ4v) is 18.2. The Morgan fingerprint density at radius 3 is 0.972 bits per heavy atom. The first-order chi connectivity index (χ1) is 50.8. The summed E-state index contributed by atoms with van der Waals surface area (Å²) in [7, 11) is 6.23. The molecule has 4 N–H and O–H groups in total. The van der Waals surface area contributed by atoms with Gasteiger partial charge in [0.05, 0.1) is 22.2 Å². The third kappa shape index (κ3) is 28.0. The van der Waals surface area contributed by atoms with Crippen LogP contribution < -0.4 is 21.3 Å². The molecule has 0 aromatic heterocycles. The van der Waals surface area contributed by atoms with Gasteiger partial charge in [0.25, 0.3) is 11.8 Å². The average molecular weight is 1510 g/mol. The quantitative estimate of drug-likeness (QED) is 0.0145. The van der Waals surface area contributed by atoms with Crippen LogP contribution in [0.1, 0.15) is 302 Å². The molecular weight excluding hydrogens is 1390 g/mol. The molecule has 2 aliphatic heterocycles. The number of rotatable bonds is 42. The Balaban J connectivity index is 1.25. The number of benzene rings is 4. The highest BCUT2D eigenvalue weighted by atomic mass is 33.1. The molecule has 0 aliphatic carbocycles. The molecule has 6 rings (SSSR count). The van der Waals surface area contributed by atoms with Gasteiger partial charge in [0.2, 0.25) is 11.8 Å². The lowest BCUT2D eigenvalue weighted by Crippen LogP contribution is -2.48. The van der Waals surface area contributed by atoms with E-state index in [1.165, 1.54) is 56.7 Å². The fourth-order valence-electron chi connectivity index (χ4n) is 13.3. The van der Waals surface area contributed by atoms with E-state index >= 15 is 0 Å². The van der Waals surface area contributed by atoms with Crippen molar-refractivity contribution in [3.8, 4) is 47.4 Å². The van der Waals surface area contributed by atoms with Crippen molar-refractivity contribution in [2.24, 2.45) is 0 Å². The van der Waals surface area contributed by atoms with E-state index in [1.54, 1.807) is 45.9 Å². The van der Waals surface area contributed by atoms with Gasteiger partial charge in [-0.3, -0.25) is 19.2 Å². The van der Waals surface area contributed by atoms with Gasteiger partial charge in [-0.15, -0.1) is 20.5 Å². The molecule has 0 bridgehead atoms. The number of hydrogen-bond acceptors (Lipinski definition) is 10. The standard InChI is InChI=1S/C90H122N6O6S4/c1-15-21-27-31-37-71-59-77(53-47-67-43-49-69(50-44-67)83(97)93-81(85(99)91-55-25-19-5)65-105-103-63-79-61-87(7,8)95(101)89(79,11)12)75(39-33-29-23-17-3)57-73(71)41-35-36-42-74-58-76(40-34-30-24-18-4)78(60-72(74)38-32-28-22-16-2)54-48-68-45-51-70(52-46-68)84(98)94-82(86(100)92-56-26-20-6)66-106-104-64-80-62-88(9,10)96(102)90(80,13)14/h43-46,49-52,57-62,81-82H,15-34,37-40,55-56,63-66H2,1-14H3,(H,91,99)(H,92,100)(H,93,97)(H,94,98)/t81-,82-/m0/s1. The van der Waals surface area contributed by atoms with Crippen molar-refractivity contribution in [2.75, 3.05) is 36.1 Å². The Labute approximate surface area is 654 Å². The topological polar surface area (TPSA) is 163 Å². The van der Waals surface area contributed by atoms with Crippen molar-refractivity contribution in [1.82, 2.24) is 31.4 Å². The van der Waals surface area contributed by atoms with Crippen molar-refractivity contribution in [1.29, 1.82) is 0 Å². The predicted molar refractivity (Wildman–Crippen MR) is 449 cm³/mol. The molecule has 572 valence electrons. The Kier molecular flexibility index (Phi) is 38.2. The largest absolute Gasteiger partial charge is 0.354 e. The van der Waals surface area contributed by atoms with E-state index in [1.807, 2.05) is 79.7 Å². The van der Waals surface area contributed by atoms with E-state index in [-0.39, 0.29) is 23.6 Å². The van der Waals surface area contributed by atoms with Gasteiger partial charge in [0, 0.05) is 80.6 Å². The lowest BCUT2D eigenvalue weighted by atomic mass is 9.92. The van der Waals surface area contributed by atoms with E-state index < -0.39 is 34.2 Å². The summed E-state index contributed by atoms with van der Waals surface area (Å²) >= 11 is 0. The Hall–Kier alpha value is -6.28. The van der Waals surface area contributed by atoms with Gasteiger partial charge in [-0.1, -0.05) is 222 Å². The van der Waals surface area contributed by atoms with Crippen LogP contribution in [0, 0.1) is 47.4 Å². The van der Waals surface area contributed by atoms with Crippen molar-refractivity contribution in [2.45, 2.75) is 285 Å². The fraction of sp³-hybridized carbons (Fsp3) is 0.556. The minimum absolute atomic E-state index is 0.214. The number of hydroxylamine groups is 4. The van der Waals surface area contributed by atoms with Gasteiger partial charge in [-0.2, -0.15) is 0 Å². The van der Waals surface area contributed by atoms with E-state index in [9.17, 15) is 29.6 Å². The van der Waals surface area contributed by atoms with Crippen LogP contribution in [-0.4, -0.2) is 104 Å². The van der Waals surface area contributed by atoms with Gasteiger partial charge in [-0.25, -0.2) is 0 Å². The van der Waals surface area contributed by atoms with Gasteiger partial charge >= 0.3 is 0 Å². The summed E-state index contributed by atoms with van der Waals surface area (Å²) in [4.78, 5) is 54.8. The molecule has 0 fully saturated rings. The molecule has 4 aromatic carbocycles. The van der Waals surface area contributed by atoms with Gasteiger partial charge in [-0.05, 0) is 238 Å². The number of aryl methyl sites for hydroxylation is 4. The molecule has 0 spiro atoms. The molecule has 2 aliphatic rings. The van der Waals surface area contributed by atoms with E-state index in [2.05, 4.69) is 147 Å². The zero-order valence-corrected chi connectivity index (χ0v) is 69.7. The number of unbranched alkanes of at least 4 members (excludes halogenated alkanes) is 14. The number of amides is 4. The molecule has 2 radical (unpaired) electrons. The van der Waals surface area contributed by atoms with Crippen LogP contribution >= 0.6 is 43.2 Å². The van der Waals surface area contributed by atoms with Crippen LogP contribution in [0.5, 0.6) is 0 Å². The molecular formula is C90H122N6O6S4. The highest BCUT2D eigenvalue weighted by Crippen LogP contribution is 2.43. The number of hydrogen-bond donors (Lipinski definition) is 4. The summed E-state index contributed by atoms with van der Waals surface area (Å²) in [5.74, 6) is 28.8. The van der Waals surface area contributed by atoms with E-state index in [0.29, 0.717) is 47.2 Å². The molecule has 2 heterocycles. The second-order valence-corrected chi connectivity index (χ2v) is 35.5. The Bertz CT molecular complexity index is 3600. The summed E-state index contributed by atoms with van der Waals surface area (Å²) in [6, 6.07) is 22.2. The van der Waals surface area contributed by atoms with Crippen molar-refractivity contribution >= 4 is 66.8 Å². The summed E-state index contributed by atoms with van der Waals surface area (Å²) < 4.78 is 0. The van der Waals surface area contributed by atoms with Crippen molar-refractivity contribution < 1.29 is 29.6 Å². The lowest BCUT2D eigenvalue weighted by Gasteiger charge is -2.33. The molecule has 0 saturated carbocycles. The summed E-state index contributed by atoms with van der Waals surface area (Å²) in [6.07, 6.45) is 29.1. The number of carbonyl (C=O) groups excluding carboxylic acids is 4. The molecule has 0 unspecified atom stereocenters. The van der Waals surface area contributed by atoms with E-state index in [0.717, 1.165) is 196 Å². The molecule has 16 heteroatoms. The molecule has 4 aromatic rings. The van der Waals surface area contributed by atoms with Crippen molar-refractivity contribution in [3.63, 3.8) is 0 Å². The first kappa shape index (κ1) is 88.6. The second-order valence-electron chi connectivity index (χ2n) is 30.5. The minimum atomic E-state index is -0.751. The Morgan fingerprint density at radius 2 is 0.689 bits per heavy atom. The lowest BCUT2D eigenvalue weighted by molar-refractivity contribution is -0.238. The maximum Gasteiger partial charge on any atom is 0.251 e. The first-order valence-corrected chi connectivity index (χ1v) is 44.4. The summed E-state index contributed by atoms with van der Waals surface area (Å²) in [5.41, 5.74) is 10.8. The van der Waals surface area contributed by atoms with Gasteiger partial charge in [0.15, 0.2) is 0 Å². The smallest absolute Gasteiger partial charge is 0.251 e. The first-order valence-electron chi connectivity index (χ1n) is 39.5. The Morgan fingerprint density at radius 1 is 0.387 bits per heavy atom. The van der Waals surface area contributed by atoms with Gasteiger partial charge in [0.1, 0.15) is 12.1 Å². The highest BCUT2D eigenvalue weighted by molar-refractivity contribution is 8.77. The van der Waals surface area contributed by atoms with Crippen molar-refractivity contribution in [3.05, 3.63) is 163 Å². The maximum atomic E-state index is 13.9. The van der Waals surface area contributed by atoms with Gasteiger partial charge < -0.3 is 21.3 Å². The normalized spacial score (nSPS) is 15.2. The van der Waals surface area contributed by atoms with E-state index in [4.69, 9.17) is 0 Å². The average Bonchev–Trinajstić information content (AvgIpc) is 1.53. The van der Waals surface area contributed by atoms with Crippen LogP contribution in [-0.2, 0) is 45.7 Å². The number of carbonyl (C=O) groups is 4. The monoisotopic (exact) mass is 1510 g/mol. The van der Waals surface area contributed by atoms with Crippen LogP contribution in [0.2, 0.25) is 0 Å². The van der Waals surface area contributed by atoms with Crippen LogP contribution in [0.3, 0.4) is 0 Å².